The molecule has 0 aliphatic carbocycles. The smallest absolute Gasteiger partial charge is 0.0729 e. The second-order valence-corrected chi connectivity index (χ2v) is 4.42. The molecule has 1 atom stereocenters. The summed E-state index contributed by atoms with van der Waals surface area (Å²) in [6.07, 6.45) is 2.67. The second-order valence-electron chi connectivity index (χ2n) is 2.65. The Morgan fingerprint density at radius 2 is 2.31 bits per heavy atom. The van der Waals surface area contributed by atoms with Gasteiger partial charge >= 0.3 is 0 Å². The fourth-order valence-corrected chi connectivity index (χ4v) is 2.34. The van der Waals surface area contributed by atoms with E-state index >= 15 is 0 Å². The molecule has 1 unspecified atom stereocenters. The molecule has 0 bridgehead atoms. The van der Waals surface area contributed by atoms with Crippen LogP contribution in [0.1, 0.15) is 25.1 Å². The largest absolute Gasteiger partial charge is 0.271 e. The number of nitrogens with two attached hydrogens (primary N) is 1. The van der Waals surface area contributed by atoms with E-state index < -0.39 is 0 Å². The van der Waals surface area contributed by atoms with E-state index in [0.29, 0.717) is 0 Å². The van der Waals surface area contributed by atoms with Crippen molar-refractivity contribution >= 4 is 31.9 Å². The summed E-state index contributed by atoms with van der Waals surface area (Å²) < 4.78 is 1.92. The van der Waals surface area contributed by atoms with E-state index in [1.54, 1.807) is 6.20 Å². The maximum absolute atomic E-state index is 5.40. The van der Waals surface area contributed by atoms with Crippen molar-refractivity contribution in [2.45, 2.75) is 19.4 Å². The van der Waals surface area contributed by atoms with Crippen molar-refractivity contribution in [1.29, 1.82) is 0 Å². The third kappa shape index (κ3) is 2.74. The summed E-state index contributed by atoms with van der Waals surface area (Å²) in [5.41, 5.74) is 3.66. The minimum Gasteiger partial charge on any atom is -0.271 e. The van der Waals surface area contributed by atoms with Crippen LogP contribution in [0, 0.1) is 0 Å². The number of aromatic nitrogens is 1. The van der Waals surface area contributed by atoms with Crippen LogP contribution >= 0.6 is 31.9 Å². The number of rotatable bonds is 3. The molecule has 72 valence electrons. The first-order chi connectivity index (χ1) is 6.19. The first-order valence-corrected chi connectivity index (χ1v) is 5.54. The van der Waals surface area contributed by atoms with E-state index in [1.165, 1.54) is 0 Å². The summed E-state index contributed by atoms with van der Waals surface area (Å²) in [5.74, 6) is 5.40. The second kappa shape index (κ2) is 5.05. The van der Waals surface area contributed by atoms with Gasteiger partial charge in [0.15, 0.2) is 0 Å². The average Bonchev–Trinajstić information content (AvgIpc) is 2.10. The zero-order valence-electron chi connectivity index (χ0n) is 7.22. The zero-order valence-corrected chi connectivity index (χ0v) is 10.4. The number of nitrogens with one attached hydrogen (secondary N) is 1. The summed E-state index contributed by atoms with van der Waals surface area (Å²) in [5, 5.41) is 0. The van der Waals surface area contributed by atoms with Crippen molar-refractivity contribution in [1.82, 2.24) is 10.4 Å². The molecule has 0 aliphatic rings. The standard InChI is InChI=1S/C8H11Br2N3/c1-2-7(13-11)8-6(10)3-5(9)4-12-8/h3-4,7,13H,2,11H2,1H3. The van der Waals surface area contributed by atoms with Crippen LogP contribution in [-0.4, -0.2) is 4.98 Å². The first kappa shape index (κ1) is 11.1. The zero-order chi connectivity index (χ0) is 9.84. The number of hydrogen-bond donors (Lipinski definition) is 2. The van der Waals surface area contributed by atoms with Gasteiger partial charge < -0.3 is 0 Å². The Morgan fingerprint density at radius 1 is 1.62 bits per heavy atom. The third-order valence-corrected chi connectivity index (χ3v) is 2.84. The van der Waals surface area contributed by atoms with Gasteiger partial charge in [-0.15, -0.1) is 0 Å². The van der Waals surface area contributed by atoms with Crippen molar-refractivity contribution in [3.05, 3.63) is 26.9 Å². The van der Waals surface area contributed by atoms with Crippen molar-refractivity contribution in [3.8, 4) is 0 Å². The molecular weight excluding hydrogens is 298 g/mol. The molecule has 3 N–H and O–H groups in total. The van der Waals surface area contributed by atoms with Crippen LogP contribution in [-0.2, 0) is 0 Å². The normalized spacial score (nSPS) is 12.9. The number of nitrogens with zero attached hydrogens (tertiary/aromatic N) is 1. The molecule has 3 nitrogen and oxygen atoms in total. The average molecular weight is 309 g/mol. The van der Waals surface area contributed by atoms with Crippen LogP contribution in [0.15, 0.2) is 21.2 Å². The predicted molar refractivity (Wildman–Crippen MR) is 60.0 cm³/mol. The van der Waals surface area contributed by atoms with E-state index in [1.807, 2.05) is 6.07 Å². The van der Waals surface area contributed by atoms with Gasteiger partial charge in [-0.2, -0.15) is 0 Å². The van der Waals surface area contributed by atoms with Gasteiger partial charge in [0.1, 0.15) is 0 Å². The Labute approximate surface area is 94.3 Å². The van der Waals surface area contributed by atoms with E-state index in [-0.39, 0.29) is 6.04 Å². The van der Waals surface area contributed by atoms with E-state index in [2.05, 4.69) is 49.2 Å². The minimum absolute atomic E-state index is 0.0995. The van der Waals surface area contributed by atoms with Gasteiger partial charge in [-0.1, -0.05) is 6.92 Å². The summed E-state index contributed by atoms with van der Waals surface area (Å²) in [6, 6.07) is 2.06. The SMILES string of the molecule is CCC(NN)c1ncc(Br)cc1Br. The molecule has 0 saturated heterocycles. The van der Waals surface area contributed by atoms with Gasteiger partial charge in [-0.3, -0.25) is 16.3 Å². The van der Waals surface area contributed by atoms with Crippen molar-refractivity contribution < 1.29 is 0 Å². The van der Waals surface area contributed by atoms with E-state index in [0.717, 1.165) is 21.1 Å². The summed E-state index contributed by atoms with van der Waals surface area (Å²) in [4.78, 5) is 4.28. The Kier molecular flexibility index (Phi) is 4.31. The highest BCUT2D eigenvalue weighted by atomic mass is 79.9. The van der Waals surface area contributed by atoms with E-state index in [9.17, 15) is 0 Å². The predicted octanol–water partition coefficient (Wildman–Crippen LogP) is 2.52. The lowest BCUT2D eigenvalue weighted by molar-refractivity contribution is 0.523. The van der Waals surface area contributed by atoms with Crippen LogP contribution < -0.4 is 11.3 Å². The first-order valence-electron chi connectivity index (χ1n) is 3.96. The number of hydrogen-bond acceptors (Lipinski definition) is 3. The van der Waals surface area contributed by atoms with Gasteiger partial charge in [0, 0.05) is 15.1 Å². The molecule has 1 rings (SSSR count). The lowest BCUT2D eigenvalue weighted by atomic mass is 10.1. The van der Waals surface area contributed by atoms with E-state index in [4.69, 9.17) is 5.84 Å². The number of pyridine rings is 1. The molecule has 13 heavy (non-hydrogen) atoms. The molecule has 5 heteroatoms. The molecule has 0 aliphatic heterocycles. The maximum Gasteiger partial charge on any atom is 0.0729 e. The van der Waals surface area contributed by atoms with Gasteiger partial charge in [0.25, 0.3) is 0 Å². The molecule has 1 aromatic heterocycles. The molecule has 1 aromatic rings. The molecule has 0 spiro atoms. The van der Waals surface area contributed by atoms with Crippen LogP contribution in [0.2, 0.25) is 0 Å². The molecule has 1 heterocycles. The fraction of sp³-hybridized carbons (Fsp3) is 0.375. The van der Waals surface area contributed by atoms with Crippen LogP contribution in [0.25, 0.3) is 0 Å². The Bertz CT molecular complexity index is 287. The lowest BCUT2D eigenvalue weighted by Crippen LogP contribution is -2.28. The Balaban J connectivity index is 2.99. The van der Waals surface area contributed by atoms with Gasteiger partial charge in [-0.05, 0) is 44.3 Å². The highest BCUT2D eigenvalue weighted by Crippen LogP contribution is 2.25. The molecule has 0 radical (unpaired) electrons. The van der Waals surface area contributed by atoms with Crippen LogP contribution in [0.4, 0.5) is 0 Å². The third-order valence-electron chi connectivity index (χ3n) is 1.78. The van der Waals surface area contributed by atoms with Crippen molar-refractivity contribution in [3.63, 3.8) is 0 Å². The summed E-state index contributed by atoms with van der Waals surface area (Å²) >= 11 is 6.79. The fourth-order valence-electron chi connectivity index (χ4n) is 1.07. The van der Waals surface area contributed by atoms with Gasteiger partial charge in [-0.25, -0.2) is 0 Å². The maximum atomic E-state index is 5.40. The van der Waals surface area contributed by atoms with Gasteiger partial charge in [0.2, 0.25) is 0 Å². The number of halogens is 2. The molecular formula is C8H11Br2N3. The quantitative estimate of drug-likeness (QED) is 0.666. The lowest BCUT2D eigenvalue weighted by Gasteiger charge is -2.14. The Hall–Kier alpha value is 0.0300. The molecule has 0 saturated carbocycles. The monoisotopic (exact) mass is 307 g/mol. The van der Waals surface area contributed by atoms with Crippen molar-refractivity contribution in [2.75, 3.05) is 0 Å². The molecule has 0 fully saturated rings. The van der Waals surface area contributed by atoms with Gasteiger partial charge in [0.05, 0.1) is 11.7 Å². The van der Waals surface area contributed by atoms with Crippen LogP contribution in [0.3, 0.4) is 0 Å². The minimum atomic E-state index is 0.0995. The molecule has 0 amide bonds. The summed E-state index contributed by atoms with van der Waals surface area (Å²) in [6.45, 7) is 2.06. The highest BCUT2D eigenvalue weighted by Gasteiger charge is 2.12. The summed E-state index contributed by atoms with van der Waals surface area (Å²) in [7, 11) is 0. The highest BCUT2D eigenvalue weighted by molar-refractivity contribution is 9.11. The molecule has 0 aromatic carbocycles. The van der Waals surface area contributed by atoms with Crippen molar-refractivity contribution in [2.24, 2.45) is 5.84 Å². The number of hydrazine groups is 1. The topological polar surface area (TPSA) is 50.9 Å². The van der Waals surface area contributed by atoms with Crippen LogP contribution in [0.5, 0.6) is 0 Å². The Morgan fingerprint density at radius 3 is 2.77 bits per heavy atom.